The molecule has 2 atom stereocenters. The maximum absolute atomic E-state index is 14.6. The van der Waals surface area contributed by atoms with Crippen molar-refractivity contribution in [1.29, 1.82) is 0 Å². The van der Waals surface area contributed by atoms with Crippen molar-refractivity contribution in [2.45, 2.75) is 76.2 Å². The van der Waals surface area contributed by atoms with E-state index in [1.807, 2.05) is 4.90 Å². The fraction of sp³-hybridized carbons (Fsp3) is 0.414. The first kappa shape index (κ1) is 25.5. The summed E-state index contributed by atoms with van der Waals surface area (Å²) in [6.45, 7) is 1.89. The van der Waals surface area contributed by atoms with Crippen molar-refractivity contribution in [1.82, 2.24) is 10.1 Å². The van der Waals surface area contributed by atoms with Gasteiger partial charge in [-0.1, -0.05) is 11.2 Å². The van der Waals surface area contributed by atoms with E-state index < -0.39 is 17.6 Å². The quantitative estimate of drug-likeness (QED) is 0.369. The van der Waals surface area contributed by atoms with Crippen LogP contribution >= 0.6 is 0 Å². The molecule has 10 heteroatoms. The number of anilines is 1. The third-order valence-electron chi connectivity index (χ3n) is 8.07. The number of ether oxygens (including phenoxy) is 1. The highest BCUT2D eigenvalue weighted by molar-refractivity contribution is 5.93. The van der Waals surface area contributed by atoms with E-state index in [9.17, 15) is 23.5 Å². The molecule has 8 nitrogen and oxygen atoms in total. The van der Waals surface area contributed by atoms with Gasteiger partial charge in [0, 0.05) is 29.3 Å². The lowest BCUT2D eigenvalue weighted by Gasteiger charge is -2.38. The van der Waals surface area contributed by atoms with Crippen molar-refractivity contribution in [3.63, 3.8) is 0 Å². The number of piperidine rings is 1. The molecule has 0 radical (unpaired) electrons. The van der Waals surface area contributed by atoms with Crippen molar-refractivity contribution in [2.24, 2.45) is 0 Å². The smallest absolute Gasteiger partial charge is 0.335 e. The molecule has 2 aromatic carbocycles. The zero-order chi connectivity index (χ0) is 27.3. The standard InChI is InChI=1S/C29H29F2N3O5/c1-15-11-17(28(35)36)7-10-24(15)32-29(37)34-18-8-9-19(34)13-20(12-18)38-14-21-26(33-39-27(21)16-5-6-16)25-22(30)3-2-4-23(25)31/h2-4,7,10-11,16,18-20H,5-6,8-9,12-14H2,1H3,(H,32,37)(H,35,36). The molecule has 2 bridgehead atoms. The summed E-state index contributed by atoms with van der Waals surface area (Å²) in [4.78, 5) is 26.3. The average Bonchev–Trinajstić information content (AvgIpc) is 3.60. The Morgan fingerprint density at radius 1 is 1.10 bits per heavy atom. The van der Waals surface area contributed by atoms with Gasteiger partial charge in [0.1, 0.15) is 23.1 Å². The van der Waals surface area contributed by atoms with E-state index in [1.165, 1.54) is 30.3 Å². The molecular formula is C29H29F2N3O5. The number of halogens is 2. The monoisotopic (exact) mass is 537 g/mol. The lowest BCUT2D eigenvalue weighted by atomic mass is 9.99. The summed E-state index contributed by atoms with van der Waals surface area (Å²) in [7, 11) is 0. The average molecular weight is 538 g/mol. The van der Waals surface area contributed by atoms with E-state index in [0.717, 1.165) is 25.7 Å². The third kappa shape index (κ3) is 4.89. The third-order valence-corrected chi connectivity index (χ3v) is 8.07. The summed E-state index contributed by atoms with van der Waals surface area (Å²) in [5, 5.41) is 16.2. The Kier molecular flexibility index (Phi) is 6.58. The normalized spacial score (nSPS) is 22.2. The molecule has 2 aliphatic heterocycles. The molecule has 3 heterocycles. The second-order valence-corrected chi connectivity index (χ2v) is 10.7. The van der Waals surface area contributed by atoms with E-state index in [-0.39, 0.29) is 53.6 Å². The van der Waals surface area contributed by atoms with E-state index >= 15 is 0 Å². The largest absolute Gasteiger partial charge is 0.478 e. The van der Waals surface area contributed by atoms with E-state index in [0.29, 0.717) is 35.4 Å². The molecule has 1 saturated carbocycles. The van der Waals surface area contributed by atoms with Crippen LogP contribution in [0.3, 0.4) is 0 Å². The van der Waals surface area contributed by atoms with Crippen LogP contribution in [0.25, 0.3) is 11.3 Å². The van der Waals surface area contributed by atoms with Crippen LogP contribution in [0, 0.1) is 18.6 Å². The lowest BCUT2D eigenvalue weighted by Crippen LogP contribution is -2.50. The number of aromatic nitrogens is 1. The van der Waals surface area contributed by atoms with Crippen molar-refractivity contribution in [3.8, 4) is 11.3 Å². The molecule has 2 unspecified atom stereocenters. The van der Waals surface area contributed by atoms with Crippen LogP contribution < -0.4 is 5.32 Å². The highest BCUT2D eigenvalue weighted by atomic mass is 19.1. The maximum Gasteiger partial charge on any atom is 0.335 e. The second kappa shape index (κ2) is 10.1. The fourth-order valence-corrected chi connectivity index (χ4v) is 5.96. The zero-order valence-corrected chi connectivity index (χ0v) is 21.5. The molecular weight excluding hydrogens is 508 g/mol. The van der Waals surface area contributed by atoms with Gasteiger partial charge in [0.2, 0.25) is 0 Å². The second-order valence-electron chi connectivity index (χ2n) is 10.7. The van der Waals surface area contributed by atoms with Gasteiger partial charge in [0.15, 0.2) is 0 Å². The summed E-state index contributed by atoms with van der Waals surface area (Å²) in [5.74, 6) is -1.59. The number of nitrogens with one attached hydrogen (secondary N) is 1. The summed E-state index contributed by atoms with van der Waals surface area (Å²) in [6, 6.07) is 8.14. The van der Waals surface area contributed by atoms with E-state index in [4.69, 9.17) is 9.26 Å². The topological polar surface area (TPSA) is 105 Å². The highest BCUT2D eigenvalue weighted by Crippen LogP contribution is 2.45. The Hall–Kier alpha value is -3.79. The lowest BCUT2D eigenvalue weighted by molar-refractivity contribution is -0.0158. The first-order valence-corrected chi connectivity index (χ1v) is 13.3. The number of carboxylic acids is 1. The molecule has 3 aliphatic rings. The fourth-order valence-electron chi connectivity index (χ4n) is 5.96. The Balaban J connectivity index is 1.14. The summed E-state index contributed by atoms with van der Waals surface area (Å²) in [5.41, 5.74) is 1.96. The maximum atomic E-state index is 14.6. The Labute approximate surface area is 223 Å². The van der Waals surface area contributed by atoms with Gasteiger partial charge in [-0.3, -0.25) is 0 Å². The summed E-state index contributed by atoms with van der Waals surface area (Å²) < 4.78 is 41.0. The molecule has 3 aromatic rings. The van der Waals surface area contributed by atoms with Crippen LogP contribution in [0.4, 0.5) is 19.3 Å². The summed E-state index contributed by atoms with van der Waals surface area (Å²) in [6.07, 6.45) is 4.78. The van der Waals surface area contributed by atoms with Gasteiger partial charge in [-0.05, 0) is 81.3 Å². The molecule has 1 aromatic heterocycles. The van der Waals surface area contributed by atoms with Gasteiger partial charge in [-0.15, -0.1) is 0 Å². The van der Waals surface area contributed by atoms with Crippen LogP contribution in [0.2, 0.25) is 0 Å². The van der Waals surface area contributed by atoms with E-state index in [1.54, 1.807) is 13.0 Å². The highest BCUT2D eigenvalue weighted by Gasteiger charge is 2.44. The molecule has 0 spiro atoms. The Morgan fingerprint density at radius 2 is 1.79 bits per heavy atom. The SMILES string of the molecule is Cc1cc(C(=O)O)ccc1NC(=O)N1C2CCC1CC(OCc1c(-c3c(F)cccc3F)noc1C1CC1)C2. The number of fused-ring (bicyclic) bond motifs is 2. The van der Waals surface area contributed by atoms with E-state index in [2.05, 4.69) is 10.5 Å². The molecule has 6 rings (SSSR count). The van der Waals surface area contributed by atoms with Crippen molar-refractivity contribution >= 4 is 17.7 Å². The first-order chi connectivity index (χ1) is 18.8. The van der Waals surface area contributed by atoms with Gasteiger partial charge in [0.25, 0.3) is 0 Å². The minimum atomic E-state index is -1.02. The van der Waals surface area contributed by atoms with Crippen LogP contribution in [-0.2, 0) is 11.3 Å². The molecule has 2 saturated heterocycles. The number of carbonyl (C=O) groups excluding carboxylic acids is 1. The van der Waals surface area contributed by atoms with Crippen molar-refractivity contribution < 1.29 is 32.7 Å². The predicted octanol–water partition coefficient (Wildman–Crippen LogP) is 6.25. The van der Waals surface area contributed by atoms with Crippen molar-refractivity contribution in [2.75, 3.05) is 5.32 Å². The minimum Gasteiger partial charge on any atom is -0.478 e. The molecule has 204 valence electrons. The minimum absolute atomic E-state index is 0.00112. The van der Waals surface area contributed by atoms with Crippen LogP contribution in [0.1, 0.15) is 71.7 Å². The first-order valence-electron chi connectivity index (χ1n) is 13.3. The number of amides is 2. The van der Waals surface area contributed by atoms with Gasteiger partial charge >= 0.3 is 12.0 Å². The molecule has 3 fully saturated rings. The molecule has 1 aliphatic carbocycles. The number of aryl methyl sites for hydroxylation is 1. The summed E-state index contributed by atoms with van der Waals surface area (Å²) >= 11 is 0. The number of hydrogen-bond donors (Lipinski definition) is 2. The zero-order valence-electron chi connectivity index (χ0n) is 21.5. The number of urea groups is 1. The number of carbonyl (C=O) groups is 2. The number of rotatable bonds is 7. The van der Waals surface area contributed by atoms with Crippen LogP contribution in [-0.4, -0.2) is 45.4 Å². The molecule has 39 heavy (non-hydrogen) atoms. The van der Waals surface area contributed by atoms with Crippen molar-refractivity contribution in [3.05, 3.63) is 70.5 Å². The number of carboxylic acid groups (broad SMARTS) is 1. The Bertz CT molecular complexity index is 1400. The van der Waals surface area contributed by atoms with Crippen LogP contribution in [0.5, 0.6) is 0 Å². The Morgan fingerprint density at radius 3 is 2.41 bits per heavy atom. The number of benzene rings is 2. The molecule has 2 N–H and O–H groups in total. The van der Waals surface area contributed by atoms with Crippen LogP contribution in [0.15, 0.2) is 40.9 Å². The van der Waals surface area contributed by atoms with Gasteiger partial charge < -0.3 is 24.6 Å². The molecule has 2 amide bonds. The predicted molar refractivity (Wildman–Crippen MR) is 137 cm³/mol. The number of aromatic carboxylic acids is 1. The van der Waals surface area contributed by atoms with Gasteiger partial charge in [0.05, 0.1) is 23.8 Å². The number of hydrogen-bond acceptors (Lipinski definition) is 5. The number of nitrogens with zero attached hydrogens (tertiary/aromatic N) is 2. The van der Waals surface area contributed by atoms with Gasteiger partial charge in [-0.25, -0.2) is 18.4 Å². The van der Waals surface area contributed by atoms with Gasteiger partial charge in [-0.2, -0.15) is 0 Å².